The van der Waals surface area contributed by atoms with Crippen LogP contribution in [0.3, 0.4) is 0 Å². The van der Waals surface area contributed by atoms with E-state index in [0.29, 0.717) is 17.4 Å². The zero-order chi connectivity index (χ0) is 14.0. The van der Waals surface area contributed by atoms with Gasteiger partial charge in [-0.1, -0.05) is 23.7 Å². The van der Waals surface area contributed by atoms with Crippen LogP contribution in [0, 0.1) is 0 Å². The number of pyridine rings is 1. The van der Waals surface area contributed by atoms with Crippen molar-refractivity contribution in [2.45, 2.75) is 6.18 Å². The van der Waals surface area contributed by atoms with Crippen LogP contribution < -0.4 is 0 Å². The molecule has 0 bridgehead atoms. The average Bonchev–Trinajstić information content (AvgIpc) is 2.38. The van der Waals surface area contributed by atoms with Crippen molar-refractivity contribution in [2.24, 2.45) is 0 Å². The molecule has 0 radical (unpaired) electrons. The minimum Gasteiger partial charge on any atom is -0.298 e. The maximum Gasteiger partial charge on any atom is 0.416 e. The molecule has 0 aliphatic carbocycles. The fourth-order valence-corrected chi connectivity index (χ4v) is 1.71. The topological polar surface area (TPSA) is 30.0 Å². The number of hydrogen-bond donors (Lipinski definition) is 0. The highest BCUT2D eigenvalue weighted by atomic mass is 35.5. The zero-order valence-electron chi connectivity index (χ0n) is 9.41. The van der Waals surface area contributed by atoms with Gasteiger partial charge in [0.05, 0.1) is 11.1 Å². The first-order valence-electron chi connectivity index (χ1n) is 5.20. The van der Waals surface area contributed by atoms with E-state index in [1.54, 1.807) is 0 Å². The number of rotatable bonds is 2. The number of benzene rings is 1. The highest BCUT2D eigenvalue weighted by Gasteiger charge is 2.29. The lowest BCUT2D eigenvalue weighted by atomic mass is 10.0. The van der Waals surface area contributed by atoms with Crippen molar-refractivity contribution in [3.05, 3.63) is 52.8 Å². The van der Waals surface area contributed by atoms with Gasteiger partial charge in [0.2, 0.25) is 0 Å². The van der Waals surface area contributed by atoms with E-state index in [2.05, 4.69) is 4.98 Å². The summed E-state index contributed by atoms with van der Waals surface area (Å²) in [6.45, 7) is 0. The van der Waals surface area contributed by atoms with Crippen LogP contribution in [-0.4, -0.2) is 11.3 Å². The Morgan fingerprint density at radius 1 is 1.11 bits per heavy atom. The standard InChI is InChI=1S/C13H7ClF3NO/c14-12-10(7-19)5-9(6-18-12)8-1-3-11(4-2-8)13(15,16)17/h1-7H. The summed E-state index contributed by atoms with van der Waals surface area (Å²) in [5.41, 5.74) is 0.522. The number of carbonyl (C=O) groups excluding carboxylic acids is 1. The predicted octanol–water partition coefficient (Wildman–Crippen LogP) is 4.23. The number of aromatic nitrogens is 1. The monoisotopic (exact) mass is 285 g/mol. The lowest BCUT2D eigenvalue weighted by molar-refractivity contribution is -0.137. The molecule has 98 valence electrons. The van der Waals surface area contributed by atoms with E-state index in [1.165, 1.54) is 24.4 Å². The van der Waals surface area contributed by atoms with Gasteiger partial charge in [-0.05, 0) is 23.8 Å². The van der Waals surface area contributed by atoms with E-state index in [4.69, 9.17) is 11.6 Å². The summed E-state index contributed by atoms with van der Waals surface area (Å²) >= 11 is 5.68. The minimum absolute atomic E-state index is 0.0608. The highest BCUT2D eigenvalue weighted by Crippen LogP contribution is 2.31. The lowest BCUT2D eigenvalue weighted by Gasteiger charge is -2.08. The van der Waals surface area contributed by atoms with Crippen LogP contribution in [0.1, 0.15) is 15.9 Å². The Bertz CT molecular complexity index is 608. The molecule has 0 unspecified atom stereocenters. The van der Waals surface area contributed by atoms with Gasteiger partial charge in [-0.3, -0.25) is 4.79 Å². The van der Waals surface area contributed by atoms with E-state index in [-0.39, 0.29) is 10.7 Å². The van der Waals surface area contributed by atoms with Crippen LogP contribution in [0.5, 0.6) is 0 Å². The summed E-state index contributed by atoms with van der Waals surface area (Å²) < 4.78 is 37.3. The van der Waals surface area contributed by atoms with E-state index in [0.717, 1.165) is 12.1 Å². The van der Waals surface area contributed by atoms with Crippen molar-refractivity contribution in [1.29, 1.82) is 0 Å². The molecule has 2 rings (SSSR count). The molecule has 0 aliphatic heterocycles. The third kappa shape index (κ3) is 2.93. The van der Waals surface area contributed by atoms with E-state index in [9.17, 15) is 18.0 Å². The second-order valence-corrected chi connectivity index (χ2v) is 4.16. The largest absolute Gasteiger partial charge is 0.416 e. The smallest absolute Gasteiger partial charge is 0.298 e. The molecule has 0 fully saturated rings. The van der Waals surface area contributed by atoms with Crippen molar-refractivity contribution in [2.75, 3.05) is 0 Å². The van der Waals surface area contributed by atoms with Gasteiger partial charge in [-0.25, -0.2) is 4.98 Å². The fourth-order valence-electron chi connectivity index (χ4n) is 1.56. The Morgan fingerprint density at radius 2 is 1.74 bits per heavy atom. The Kier molecular flexibility index (Phi) is 3.57. The first-order valence-corrected chi connectivity index (χ1v) is 5.58. The summed E-state index contributed by atoms with van der Waals surface area (Å²) in [4.78, 5) is 14.5. The third-order valence-corrected chi connectivity index (χ3v) is 2.85. The van der Waals surface area contributed by atoms with Crippen LogP contribution >= 0.6 is 11.6 Å². The molecule has 2 aromatic rings. The maximum absolute atomic E-state index is 12.4. The molecule has 1 heterocycles. The first-order chi connectivity index (χ1) is 8.91. The summed E-state index contributed by atoms with van der Waals surface area (Å²) in [6.07, 6.45) is -2.43. The van der Waals surface area contributed by atoms with Crippen LogP contribution in [0.25, 0.3) is 11.1 Å². The van der Waals surface area contributed by atoms with Crippen LogP contribution in [0.4, 0.5) is 13.2 Å². The summed E-state index contributed by atoms with van der Waals surface area (Å²) in [5.74, 6) is 0. The number of halogens is 4. The number of alkyl halides is 3. The third-order valence-electron chi connectivity index (χ3n) is 2.54. The van der Waals surface area contributed by atoms with Gasteiger partial charge in [0.1, 0.15) is 5.15 Å². The number of hydrogen-bond acceptors (Lipinski definition) is 2. The van der Waals surface area contributed by atoms with Crippen molar-refractivity contribution < 1.29 is 18.0 Å². The Labute approximate surface area is 111 Å². The molecular weight excluding hydrogens is 279 g/mol. The number of aldehydes is 1. The van der Waals surface area contributed by atoms with Crippen molar-refractivity contribution in [3.63, 3.8) is 0 Å². The van der Waals surface area contributed by atoms with Gasteiger partial charge in [0, 0.05) is 11.8 Å². The van der Waals surface area contributed by atoms with Gasteiger partial charge < -0.3 is 0 Å². The van der Waals surface area contributed by atoms with E-state index in [1.807, 2.05) is 0 Å². The van der Waals surface area contributed by atoms with Gasteiger partial charge in [0.15, 0.2) is 6.29 Å². The normalized spacial score (nSPS) is 11.4. The second-order valence-electron chi connectivity index (χ2n) is 3.80. The van der Waals surface area contributed by atoms with Crippen LogP contribution in [-0.2, 0) is 6.18 Å². The first kappa shape index (κ1) is 13.5. The lowest BCUT2D eigenvalue weighted by Crippen LogP contribution is -2.04. The summed E-state index contributed by atoms with van der Waals surface area (Å²) in [7, 11) is 0. The highest BCUT2D eigenvalue weighted by molar-refractivity contribution is 6.31. The summed E-state index contributed by atoms with van der Waals surface area (Å²) in [6, 6.07) is 6.07. The average molecular weight is 286 g/mol. The van der Waals surface area contributed by atoms with Gasteiger partial charge in [-0.2, -0.15) is 13.2 Å². The molecule has 0 aliphatic rings. The summed E-state index contributed by atoms with van der Waals surface area (Å²) in [5, 5.41) is 0.0608. The predicted molar refractivity (Wildman–Crippen MR) is 65.1 cm³/mol. The molecule has 0 saturated heterocycles. The molecule has 0 atom stereocenters. The molecule has 6 heteroatoms. The van der Waals surface area contributed by atoms with Crippen molar-refractivity contribution >= 4 is 17.9 Å². The Hall–Kier alpha value is -1.88. The van der Waals surface area contributed by atoms with Crippen molar-refractivity contribution in [3.8, 4) is 11.1 Å². The number of nitrogens with zero attached hydrogens (tertiary/aromatic N) is 1. The van der Waals surface area contributed by atoms with Gasteiger partial charge in [-0.15, -0.1) is 0 Å². The Balaban J connectivity index is 2.40. The van der Waals surface area contributed by atoms with Gasteiger partial charge in [0.25, 0.3) is 0 Å². The molecule has 0 saturated carbocycles. The SMILES string of the molecule is O=Cc1cc(-c2ccc(C(F)(F)F)cc2)cnc1Cl. The molecule has 0 N–H and O–H groups in total. The Morgan fingerprint density at radius 3 is 2.26 bits per heavy atom. The zero-order valence-corrected chi connectivity index (χ0v) is 10.2. The molecule has 0 spiro atoms. The molecule has 0 amide bonds. The van der Waals surface area contributed by atoms with Crippen molar-refractivity contribution in [1.82, 2.24) is 4.98 Å². The fraction of sp³-hybridized carbons (Fsp3) is 0.0769. The molecule has 19 heavy (non-hydrogen) atoms. The number of carbonyl (C=O) groups is 1. The maximum atomic E-state index is 12.4. The molecule has 1 aromatic carbocycles. The molecule has 2 nitrogen and oxygen atoms in total. The molecule has 1 aromatic heterocycles. The molecular formula is C13H7ClF3NO. The quantitative estimate of drug-likeness (QED) is 0.610. The second kappa shape index (κ2) is 5.01. The van der Waals surface area contributed by atoms with E-state index < -0.39 is 11.7 Å². The minimum atomic E-state index is -4.37. The van der Waals surface area contributed by atoms with Gasteiger partial charge >= 0.3 is 6.18 Å². The van der Waals surface area contributed by atoms with E-state index >= 15 is 0 Å². The van der Waals surface area contributed by atoms with Crippen LogP contribution in [0.15, 0.2) is 36.5 Å². The van der Waals surface area contributed by atoms with Crippen LogP contribution in [0.2, 0.25) is 5.15 Å².